The van der Waals surface area contributed by atoms with Crippen LogP contribution in [0.15, 0.2) is 24.3 Å². The fraction of sp³-hybridized carbons (Fsp3) is 0.625. The molecule has 1 fully saturated rings. The van der Waals surface area contributed by atoms with Crippen LogP contribution in [0, 0.1) is 12.3 Å². The number of hydrogen-bond donors (Lipinski definition) is 1. The first-order chi connectivity index (χ1) is 8.58. The van der Waals surface area contributed by atoms with E-state index in [2.05, 4.69) is 38.2 Å². The summed E-state index contributed by atoms with van der Waals surface area (Å²) in [5.74, 6) is 0.975. The van der Waals surface area contributed by atoms with Crippen LogP contribution in [0.1, 0.15) is 38.7 Å². The SMILES string of the molecule is Cc1cccc(OCCNC2CCCC2(C)C)c1. The Morgan fingerprint density at radius 2 is 2.22 bits per heavy atom. The molecule has 2 heteroatoms. The van der Waals surface area contributed by atoms with Crippen molar-refractivity contribution in [1.82, 2.24) is 5.32 Å². The Labute approximate surface area is 111 Å². The predicted molar refractivity (Wildman–Crippen MR) is 76.1 cm³/mol. The highest BCUT2D eigenvalue weighted by atomic mass is 16.5. The molecule has 0 spiro atoms. The van der Waals surface area contributed by atoms with Crippen LogP contribution >= 0.6 is 0 Å². The molecule has 18 heavy (non-hydrogen) atoms. The molecule has 0 radical (unpaired) electrons. The molecule has 0 heterocycles. The zero-order valence-electron chi connectivity index (χ0n) is 11.8. The lowest BCUT2D eigenvalue weighted by molar-refractivity contribution is 0.253. The predicted octanol–water partition coefficient (Wildman–Crippen LogP) is 3.54. The third-order valence-corrected chi connectivity index (χ3v) is 4.01. The molecule has 0 amide bonds. The van der Waals surface area contributed by atoms with Gasteiger partial charge < -0.3 is 10.1 Å². The van der Waals surface area contributed by atoms with E-state index in [0.717, 1.165) is 18.9 Å². The van der Waals surface area contributed by atoms with E-state index in [0.29, 0.717) is 11.5 Å². The van der Waals surface area contributed by atoms with Crippen molar-refractivity contribution in [2.45, 2.75) is 46.1 Å². The van der Waals surface area contributed by atoms with Crippen LogP contribution in [0.5, 0.6) is 5.75 Å². The van der Waals surface area contributed by atoms with Crippen LogP contribution in [-0.2, 0) is 0 Å². The van der Waals surface area contributed by atoms with Crippen molar-refractivity contribution in [3.05, 3.63) is 29.8 Å². The maximum atomic E-state index is 5.75. The van der Waals surface area contributed by atoms with Crippen molar-refractivity contribution in [3.8, 4) is 5.75 Å². The quantitative estimate of drug-likeness (QED) is 0.804. The lowest BCUT2D eigenvalue weighted by atomic mass is 9.87. The van der Waals surface area contributed by atoms with Crippen molar-refractivity contribution >= 4 is 0 Å². The molecular weight excluding hydrogens is 222 g/mol. The summed E-state index contributed by atoms with van der Waals surface area (Å²) >= 11 is 0. The summed E-state index contributed by atoms with van der Waals surface area (Å²) in [4.78, 5) is 0. The monoisotopic (exact) mass is 247 g/mol. The fourth-order valence-electron chi connectivity index (χ4n) is 2.81. The molecule has 1 aliphatic rings. The Morgan fingerprint density at radius 1 is 1.39 bits per heavy atom. The zero-order chi connectivity index (χ0) is 13.0. The first kappa shape index (κ1) is 13.4. The second-order valence-electron chi connectivity index (χ2n) is 6.05. The molecule has 0 aromatic heterocycles. The maximum absolute atomic E-state index is 5.75. The normalized spacial score (nSPS) is 22.1. The average Bonchev–Trinajstić information content (AvgIpc) is 2.64. The Bertz CT molecular complexity index is 386. The van der Waals surface area contributed by atoms with Gasteiger partial charge in [0.15, 0.2) is 0 Å². The van der Waals surface area contributed by atoms with Crippen molar-refractivity contribution in [2.24, 2.45) is 5.41 Å². The van der Waals surface area contributed by atoms with Gasteiger partial charge in [0.05, 0.1) is 0 Å². The minimum absolute atomic E-state index is 0.448. The van der Waals surface area contributed by atoms with E-state index in [4.69, 9.17) is 4.74 Å². The third-order valence-electron chi connectivity index (χ3n) is 4.01. The second kappa shape index (κ2) is 5.75. The summed E-state index contributed by atoms with van der Waals surface area (Å²) in [5, 5.41) is 3.63. The number of ether oxygens (including phenoxy) is 1. The molecule has 1 unspecified atom stereocenters. The molecule has 0 saturated heterocycles. The van der Waals surface area contributed by atoms with E-state index in [9.17, 15) is 0 Å². The van der Waals surface area contributed by atoms with Crippen molar-refractivity contribution < 1.29 is 4.74 Å². The average molecular weight is 247 g/mol. The van der Waals surface area contributed by atoms with Gasteiger partial charge in [-0.05, 0) is 42.9 Å². The van der Waals surface area contributed by atoms with E-state index >= 15 is 0 Å². The van der Waals surface area contributed by atoms with E-state index in [1.807, 2.05) is 12.1 Å². The highest BCUT2D eigenvalue weighted by Crippen LogP contribution is 2.36. The molecule has 1 N–H and O–H groups in total. The Kier molecular flexibility index (Phi) is 4.28. The number of benzene rings is 1. The fourth-order valence-corrected chi connectivity index (χ4v) is 2.81. The summed E-state index contributed by atoms with van der Waals surface area (Å²) in [6.45, 7) is 8.49. The van der Waals surface area contributed by atoms with Gasteiger partial charge in [0, 0.05) is 12.6 Å². The Morgan fingerprint density at radius 3 is 2.89 bits per heavy atom. The maximum Gasteiger partial charge on any atom is 0.119 e. The van der Waals surface area contributed by atoms with Gasteiger partial charge in [-0.15, -0.1) is 0 Å². The first-order valence-electron chi connectivity index (χ1n) is 7.01. The Balaban J connectivity index is 1.70. The van der Waals surface area contributed by atoms with Crippen LogP contribution in [0.4, 0.5) is 0 Å². The van der Waals surface area contributed by atoms with Crippen LogP contribution < -0.4 is 10.1 Å². The molecule has 0 bridgehead atoms. The van der Waals surface area contributed by atoms with Crippen LogP contribution in [0.3, 0.4) is 0 Å². The summed E-state index contributed by atoms with van der Waals surface area (Å²) in [7, 11) is 0. The highest BCUT2D eigenvalue weighted by molar-refractivity contribution is 5.27. The minimum atomic E-state index is 0.448. The largest absolute Gasteiger partial charge is 0.492 e. The third kappa shape index (κ3) is 3.49. The van der Waals surface area contributed by atoms with Gasteiger partial charge in [-0.25, -0.2) is 0 Å². The van der Waals surface area contributed by atoms with E-state index < -0.39 is 0 Å². The topological polar surface area (TPSA) is 21.3 Å². The molecule has 1 aliphatic carbocycles. The highest BCUT2D eigenvalue weighted by Gasteiger charge is 2.33. The molecule has 100 valence electrons. The lowest BCUT2D eigenvalue weighted by Crippen LogP contribution is -2.39. The van der Waals surface area contributed by atoms with Gasteiger partial charge in [-0.1, -0.05) is 32.4 Å². The van der Waals surface area contributed by atoms with Crippen molar-refractivity contribution in [2.75, 3.05) is 13.2 Å². The van der Waals surface area contributed by atoms with E-state index in [1.165, 1.54) is 24.8 Å². The van der Waals surface area contributed by atoms with E-state index in [1.54, 1.807) is 0 Å². The lowest BCUT2D eigenvalue weighted by Gasteiger charge is -2.27. The zero-order valence-corrected chi connectivity index (χ0v) is 11.8. The van der Waals surface area contributed by atoms with Crippen LogP contribution in [-0.4, -0.2) is 19.2 Å². The molecule has 2 rings (SSSR count). The molecule has 1 aromatic rings. The minimum Gasteiger partial charge on any atom is -0.492 e. The molecule has 2 nitrogen and oxygen atoms in total. The number of aryl methyl sites for hydroxylation is 1. The number of nitrogens with one attached hydrogen (secondary N) is 1. The van der Waals surface area contributed by atoms with Crippen molar-refractivity contribution in [3.63, 3.8) is 0 Å². The van der Waals surface area contributed by atoms with Gasteiger partial charge >= 0.3 is 0 Å². The molecular formula is C16H25NO. The summed E-state index contributed by atoms with van der Waals surface area (Å²) in [5.41, 5.74) is 1.70. The van der Waals surface area contributed by atoms with Crippen molar-refractivity contribution in [1.29, 1.82) is 0 Å². The summed E-state index contributed by atoms with van der Waals surface area (Å²) < 4.78 is 5.75. The van der Waals surface area contributed by atoms with Gasteiger partial charge in [0.1, 0.15) is 12.4 Å². The van der Waals surface area contributed by atoms with E-state index in [-0.39, 0.29) is 0 Å². The molecule has 0 aliphatic heterocycles. The molecule has 1 saturated carbocycles. The molecule has 1 atom stereocenters. The van der Waals surface area contributed by atoms with Gasteiger partial charge in [-0.2, -0.15) is 0 Å². The molecule has 1 aromatic carbocycles. The first-order valence-corrected chi connectivity index (χ1v) is 7.01. The second-order valence-corrected chi connectivity index (χ2v) is 6.05. The van der Waals surface area contributed by atoms with Gasteiger partial charge in [-0.3, -0.25) is 0 Å². The van der Waals surface area contributed by atoms with Crippen LogP contribution in [0.2, 0.25) is 0 Å². The summed E-state index contributed by atoms with van der Waals surface area (Å²) in [6.07, 6.45) is 3.99. The van der Waals surface area contributed by atoms with Crippen LogP contribution in [0.25, 0.3) is 0 Å². The summed E-state index contributed by atoms with van der Waals surface area (Å²) in [6, 6.07) is 8.88. The standard InChI is InChI=1S/C16H25NO/c1-13-6-4-7-14(12-13)18-11-10-17-15-8-5-9-16(15,2)3/h4,6-7,12,15,17H,5,8-11H2,1-3H3. The number of rotatable bonds is 5. The van der Waals surface area contributed by atoms with Gasteiger partial charge in [0.2, 0.25) is 0 Å². The smallest absolute Gasteiger partial charge is 0.119 e. The van der Waals surface area contributed by atoms with Gasteiger partial charge in [0.25, 0.3) is 0 Å². The number of hydrogen-bond acceptors (Lipinski definition) is 2. The Hall–Kier alpha value is -1.02.